The number of hydrogen-bond acceptors (Lipinski definition) is 3. The molecule has 0 aliphatic rings. The van der Waals surface area contributed by atoms with Crippen molar-refractivity contribution < 1.29 is 14.7 Å². The molecule has 1 N–H and O–H groups in total. The fourth-order valence-corrected chi connectivity index (χ4v) is 0.220. The fraction of sp³-hybridized carbons (Fsp3) is 0.600. The highest BCUT2D eigenvalue weighted by Gasteiger charge is 2.07. The Labute approximate surface area is 47.3 Å². The molecule has 0 aromatic carbocycles. The van der Waals surface area contributed by atoms with Crippen LogP contribution in [0.1, 0.15) is 6.92 Å². The van der Waals surface area contributed by atoms with Gasteiger partial charge in [0.25, 0.3) is 0 Å². The van der Waals surface area contributed by atoms with E-state index in [1.807, 2.05) is 0 Å². The molecule has 3 nitrogen and oxygen atoms in total. The second-order valence-electron chi connectivity index (χ2n) is 1.55. The molecule has 0 amide bonds. The Morgan fingerprint density at radius 3 is 2.50 bits per heavy atom. The maximum atomic E-state index is 10.3. The molecule has 0 bridgehead atoms. The highest BCUT2D eigenvalue weighted by molar-refractivity contribution is 5.93. The summed E-state index contributed by atoms with van der Waals surface area (Å²) in [6.07, 6.45) is 0.512. The quantitative estimate of drug-likeness (QED) is 0.395. The highest BCUT2D eigenvalue weighted by Crippen LogP contribution is 1.88. The van der Waals surface area contributed by atoms with Crippen LogP contribution in [0, 0.1) is 5.92 Å². The van der Waals surface area contributed by atoms with Crippen molar-refractivity contribution in [3.63, 3.8) is 0 Å². The topological polar surface area (TPSA) is 54.4 Å². The van der Waals surface area contributed by atoms with Gasteiger partial charge in [-0.2, -0.15) is 0 Å². The summed E-state index contributed by atoms with van der Waals surface area (Å²) >= 11 is 0. The second-order valence-corrected chi connectivity index (χ2v) is 1.55. The van der Waals surface area contributed by atoms with Crippen molar-refractivity contribution in [2.45, 2.75) is 6.92 Å². The van der Waals surface area contributed by atoms with Crippen molar-refractivity contribution in [3.05, 3.63) is 0 Å². The molecule has 0 saturated carbocycles. The zero-order valence-electron chi connectivity index (χ0n) is 4.63. The van der Waals surface area contributed by atoms with E-state index in [-0.39, 0.29) is 0 Å². The molecule has 8 heavy (non-hydrogen) atoms. The minimum atomic E-state index is -0.653. The lowest BCUT2D eigenvalue weighted by atomic mass is 10.1. The number of aldehydes is 1. The summed E-state index contributed by atoms with van der Waals surface area (Å²) < 4.78 is 0. The minimum absolute atomic E-state index is 0.431. The number of aliphatic hydroxyl groups excluding tert-OH is 1. The van der Waals surface area contributed by atoms with Gasteiger partial charge in [-0.15, -0.1) is 0 Å². The molecule has 1 unspecified atom stereocenters. The smallest absolute Gasteiger partial charge is 0.168 e. The van der Waals surface area contributed by atoms with Gasteiger partial charge in [-0.25, -0.2) is 0 Å². The van der Waals surface area contributed by atoms with Gasteiger partial charge in [-0.05, 0) is 6.92 Å². The normalized spacial score (nSPS) is 12.8. The first-order valence-electron chi connectivity index (χ1n) is 2.31. The number of ketones is 1. The lowest BCUT2D eigenvalue weighted by molar-refractivity contribution is -0.128. The van der Waals surface area contributed by atoms with Gasteiger partial charge in [0.05, 0.1) is 5.92 Å². The number of hydrogen-bond donors (Lipinski definition) is 1. The molecule has 0 heterocycles. The molecule has 0 saturated heterocycles. The molecule has 0 aliphatic carbocycles. The molecule has 0 aliphatic heterocycles. The van der Waals surface area contributed by atoms with Crippen molar-refractivity contribution in [3.8, 4) is 0 Å². The summed E-state index contributed by atoms with van der Waals surface area (Å²) in [4.78, 5) is 20.0. The Hall–Kier alpha value is -0.700. The summed E-state index contributed by atoms with van der Waals surface area (Å²) in [5.41, 5.74) is 0. The average Bonchev–Trinajstić information content (AvgIpc) is 1.84. The van der Waals surface area contributed by atoms with E-state index in [2.05, 4.69) is 0 Å². The Morgan fingerprint density at radius 1 is 1.88 bits per heavy atom. The van der Waals surface area contributed by atoms with E-state index in [4.69, 9.17) is 5.11 Å². The van der Waals surface area contributed by atoms with Gasteiger partial charge in [-0.1, -0.05) is 0 Å². The van der Waals surface area contributed by atoms with Crippen LogP contribution < -0.4 is 0 Å². The molecule has 46 valence electrons. The van der Waals surface area contributed by atoms with Crippen molar-refractivity contribution in [2.75, 3.05) is 6.61 Å². The molecule has 0 radical (unpaired) electrons. The molecular formula is C5H8O3. The monoisotopic (exact) mass is 116 g/mol. The number of aliphatic hydroxyl groups is 1. The van der Waals surface area contributed by atoms with Crippen molar-refractivity contribution in [1.82, 2.24) is 0 Å². The molecule has 0 aromatic rings. The van der Waals surface area contributed by atoms with Crippen LogP contribution in [-0.4, -0.2) is 23.8 Å². The lowest BCUT2D eigenvalue weighted by Crippen LogP contribution is -2.15. The van der Waals surface area contributed by atoms with Gasteiger partial charge in [0, 0.05) is 0 Å². The summed E-state index contributed by atoms with van der Waals surface area (Å²) in [6.45, 7) is 0.908. The van der Waals surface area contributed by atoms with E-state index >= 15 is 0 Å². The summed E-state index contributed by atoms with van der Waals surface area (Å²) in [6, 6.07) is 0. The van der Waals surface area contributed by atoms with E-state index in [0.29, 0.717) is 6.29 Å². The molecular weight excluding hydrogens is 108 g/mol. The zero-order chi connectivity index (χ0) is 6.57. The van der Waals surface area contributed by atoms with Crippen LogP contribution in [0.2, 0.25) is 0 Å². The van der Waals surface area contributed by atoms with Crippen molar-refractivity contribution in [2.24, 2.45) is 5.92 Å². The van der Waals surface area contributed by atoms with Crippen LogP contribution in [0.15, 0.2) is 0 Å². The fourth-order valence-electron chi connectivity index (χ4n) is 0.220. The maximum Gasteiger partial charge on any atom is 0.168 e. The Kier molecular flexibility index (Phi) is 3.03. The standard InChI is InChI=1S/C5H8O3/c1-4(2-6)5(8)3-7/h2,4,7H,3H2,1H3. The largest absolute Gasteiger partial charge is 0.389 e. The van der Waals surface area contributed by atoms with E-state index in [1.165, 1.54) is 6.92 Å². The number of rotatable bonds is 3. The Balaban J connectivity index is 3.62. The molecule has 0 rings (SSSR count). The summed E-state index contributed by atoms with van der Waals surface area (Å²) in [5, 5.41) is 8.13. The van der Waals surface area contributed by atoms with Crippen molar-refractivity contribution >= 4 is 12.1 Å². The summed E-state index contributed by atoms with van der Waals surface area (Å²) in [5.74, 6) is -1.08. The number of Topliss-reactive ketones (excluding diaryl/α,β-unsaturated/α-hetero) is 1. The maximum absolute atomic E-state index is 10.3. The highest BCUT2D eigenvalue weighted by atomic mass is 16.3. The van der Waals surface area contributed by atoms with Gasteiger partial charge in [-0.3, -0.25) is 4.79 Å². The molecule has 0 fully saturated rings. The van der Waals surface area contributed by atoms with Gasteiger partial charge in [0.1, 0.15) is 12.9 Å². The van der Waals surface area contributed by atoms with E-state index < -0.39 is 18.3 Å². The molecule has 1 atom stereocenters. The van der Waals surface area contributed by atoms with Crippen LogP contribution in [0.25, 0.3) is 0 Å². The van der Waals surface area contributed by atoms with Crippen molar-refractivity contribution in [1.29, 1.82) is 0 Å². The molecule has 0 spiro atoms. The average molecular weight is 116 g/mol. The predicted octanol–water partition coefficient (Wildman–Crippen LogP) is -0.617. The predicted molar refractivity (Wildman–Crippen MR) is 27.3 cm³/mol. The number of carbonyl (C=O) groups is 2. The first kappa shape index (κ1) is 7.30. The lowest BCUT2D eigenvalue weighted by Gasteiger charge is -1.94. The number of carbonyl (C=O) groups excluding carboxylic acids is 2. The van der Waals surface area contributed by atoms with E-state index in [9.17, 15) is 9.59 Å². The van der Waals surface area contributed by atoms with Crippen LogP contribution in [0.5, 0.6) is 0 Å². The summed E-state index contributed by atoms with van der Waals surface area (Å²) in [7, 11) is 0. The van der Waals surface area contributed by atoms with Gasteiger partial charge in [0.15, 0.2) is 5.78 Å². The van der Waals surface area contributed by atoms with Crippen LogP contribution in [0.3, 0.4) is 0 Å². The zero-order valence-corrected chi connectivity index (χ0v) is 4.63. The molecule has 0 aromatic heterocycles. The second kappa shape index (κ2) is 3.32. The van der Waals surface area contributed by atoms with Crippen LogP contribution in [-0.2, 0) is 9.59 Å². The minimum Gasteiger partial charge on any atom is -0.389 e. The van der Waals surface area contributed by atoms with Crippen LogP contribution >= 0.6 is 0 Å². The first-order valence-corrected chi connectivity index (χ1v) is 2.31. The Morgan fingerprint density at radius 2 is 2.38 bits per heavy atom. The first-order chi connectivity index (χ1) is 3.72. The third-order valence-corrected chi connectivity index (χ3v) is 0.868. The molecule has 3 heteroatoms. The SMILES string of the molecule is CC(C=O)C(=O)CO. The third kappa shape index (κ3) is 1.84. The van der Waals surface area contributed by atoms with Crippen LogP contribution in [0.4, 0.5) is 0 Å². The van der Waals surface area contributed by atoms with Gasteiger partial charge >= 0.3 is 0 Å². The van der Waals surface area contributed by atoms with Gasteiger partial charge < -0.3 is 9.90 Å². The van der Waals surface area contributed by atoms with E-state index in [1.54, 1.807) is 0 Å². The van der Waals surface area contributed by atoms with Gasteiger partial charge in [0.2, 0.25) is 0 Å². The Bertz CT molecular complexity index is 97.8. The third-order valence-electron chi connectivity index (χ3n) is 0.868. The van der Waals surface area contributed by atoms with E-state index in [0.717, 1.165) is 0 Å².